The van der Waals surface area contributed by atoms with Gasteiger partial charge >= 0.3 is 12.1 Å². The summed E-state index contributed by atoms with van der Waals surface area (Å²) in [4.78, 5) is 10.9. The van der Waals surface area contributed by atoms with Gasteiger partial charge in [-0.25, -0.2) is 4.39 Å². The number of alkyl halides is 3. The van der Waals surface area contributed by atoms with Gasteiger partial charge < -0.3 is 10.8 Å². The zero-order valence-corrected chi connectivity index (χ0v) is 14.5. The van der Waals surface area contributed by atoms with E-state index in [4.69, 9.17) is 10.8 Å². The molecule has 1 atom stereocenters. The highest BCUT2D eigenvalue weighted by atomic mass is 19.4. The van der Waals surface area contributed by atoms with Crippen molar-refractivity contribution >= 4 is 5.97 Å². The molecule has 0 aliphatic rings. The molecule has 0 aliphatic carbocycles. The molecule has 0 fully saturated rings. The molecule has 2 aromatic rings. The Bertz CT molecular complexity index is 836. The van der Waals surface area contributed by atoms with Crippen LogP contribution in [0.4, 0.5) is 17.6 Å². The third kappa shape index (κ3) is 4.04. The lowest BCUT2D eigenvalue weighted by atomic mass is 9.89. The predicted octanol–water partition coefficient (Wildman–Crippen LogP) is 4.91. The van der Waals surface area contributed by atoms with E-state index >= 15 is 0 Å². The first kappa shape index (κ1) is 19.9. The Morgan fingerprint density at radius 2 is 1.65 bits per heavy atom. The van der Waals surface area contributed by atoms with Crippen LogP contribution in [0.3, 0.4) is 0 Å². The smallest absolute Gasteiger partial charge is 0.419 e. The topological polar surface area (TPSA) is 63.3 Å². The van der Waals surface area contributed by atoms with Crippen molar-refractivity contribution in [1.29, 1.82) is 0 Å². The summed E-state index contributed by atoms with van der Waals surface area (Å²) in [7, 11) is 0. The fourth-order valence-corrected chi connectivity index (χ4v) is 3.20. The van der Waals surface area contributed by atoms with Crippen LogP contribution in [0, 0.1) is 26.6 Å². The molecule has 0 aliphatic heterocycles. The number of nitrogens with two attached hydrogens (primary N) is 1. The van der Waals surface area contributed by atoms with Crippen LogP contribution < -0.4 is 5.73 Å². The van der Waals surface area contributed by atoms with E-state index < -0.39 is 41.6 Å². The Hall–Kier alpha value is -2.41. The second kappa shape index (κ2) is 7.07. The average molecular weight is 369 g/mol. The quantitative estimate of drug-likeness (QED) is 0.753. The maximum absolute atomic E-state index is 14.4. The third-order valence-electron chi connectivity index (χ3n) is 4.17. The monoisotopic (exact) mass is 369 g/mol. The van der Waals surface area contributed by atoms with Crippen molar-refractivity contribution in [3.05, 3.63) is 57.9 Å². The van der Waals surface area contributed by atoms with Crippen molar-refractivity contribution in [3.8, 4) is 11.1 Å². The predicted molar refractivity (Wildman–Crippen MR) is 90.2 cm³/mol. The summed E-state index contributed by atoms with van der Waals surface area (Å²) in [6.45, 7) is 5.37. The molecule has 3 nitrogen and oxygen atoms in total. The molecular weight excluding hydrogens is 350 g/mol. The van der Waals surface area contributed by atoms with Crippen molar-refractivity contribution in [2.75, 3.05) is 0 Å². The lowest BCUT2D eigenvalue weighted by Crippen LogP contribution is -2.19. The number of hydrogen-bond donors (Lipinski definition) is 2. The number of aryl methyl sites for hydroxylation is 3. The first-order valence-electron chi connectivity index (χ1n) is 7.88. The standard InChI is InChI=1S/C19H19F4NO2/c1-9-4-10(2)17(11(3)5-9)12-6-13(15(24)8-16(25)26)18(20)14(7-12)19(21,22)23/h4-7,15H,8,24H2,1-3H3,(H,25,26)/t15-/m0/s1. The highest BCUT2D eigenvalue weighted by Gasteiger charge is 2.36. The molecule has 7 heteroatoms. The summed E-state index contributed by atoms with van der Waals surface area (Å²) in [6, 6.07) is 4.20. The summed E-state index contributed by atoms with van der Waals surface area (Å²) in [5.74, 6) is -2.85. The molecule has 26 heavy (non-hydrogen) atoms. The van der Waals surface area contributed by atoms with E-state index in [-0.39, 0.29) is 5.56 Å². The van der Waals surface area contributed by atoms with Crippen molar-refractivity contribution in [2.24, 2.45) is 5.73 Å². The van der Waals surface area contributed by atoms with E-state index in [0.717, 1.165) is 22.8 Å². The molecule has 0 spiro atoms. The molecule has 0 aromatic heterocycles. The van der Waals surface area contributed by atoms with Gasteiger partial charge in [0.05, 0.1) is 12.0 Å². The van der Waals surface area contributed by atoms with E-state index in [1.54, 1.807) is 13.8 Å². The van der Waals surface area contributed by atoms with Gasteiger partial charge in [0.15, 0.2) is 0 Å². The SMILES string of the molecule is Cc1cc(C)c(-c2cc([C@@H](N)CC(=O)O)c(F)c(C(F)(F)F)c2)c(C)c1. The number of hydrogen-bond acceptors (Lipinski definition) is 2. The number of carboxylic acid groups (broad SMARTS) is 1. The van der Waals surface area contributed by atoms with Crippen molar-refractivity contribution in [3.63, 3.8) is 0 Å². The largest absolute Gasteiger partial charge is 0.481 e. The summed E-state index contributed by atoms with van der Waals surface area (Å²) >= 11 is 0. The van der Waals surface area contributed by atoms with Crippen LogP contribution in [0.5, 0.6) is 0 Å². The van der Waals surface area contributed by atoms with E-state index in [0.29, 0.717) is 5.56 Å². The van der Waals surface area contributed by atoms with E-state index in [2.05, 4.69) is 0 Å². The van der Waals surface area contributed by atoms with Gasteiger partial charge in [0.1, 0.15) is 5.82 Å². The minimum atomic E-state index is -4.93. The van der Waals surface area contributed by atoms with Crippen LogP contribution in [-0.4, -0.2) is 11.1 Å². The van der Waals surface area contributed by atoms with E-state index in [1.165, 1.54) is 6.07 Å². The van der Waals surface area contributed by atoms with Crippen LogP contribution in [-0.2, 0) is 11.0 Å². The van der Waals surface area contributed by atoms with Gasteiger partial charge in [0, 0.05) is 11.6 Å². The Labute approximate surface area is 148 Å². The third-order valence-corrected chi connectivity index (χ3v) is 4.17. The number of aliphatic carboxylic acids is 1. The average Bonchev–Trinajstić information content (AvgIpc) is 2.45. The van der Waals surface area contributed by atoms with Crippen LogP contribution in [0.1, 0.15) is 40.3 Å². The van der Waals surface area contributed by atoms with Crippen LogP contribution in [0.15, 0.2) is 24.3 Å². The maximum Gasteiger partial charge on any atom is 0.419 e. The van der Waals surface area contributed by atoms with Gasteiger partial charge in [-0.2, -0.15) is 13.2 Å². The molecule has 140 valence electrons. The number of rotatable bonds is 4. The molecule has 0 unspecified atom stereocenters. The number of carbonyl (C=O) groups is 1. The highest BCUT2D eigenvalue weighted by Crippen LogP contribution is 2.39. The van der Waals surface area contributed by atoms with Gasteiger partial charge in [-0.05, 0) is 55.2 Å². The molecule has 0 saturated carbocycles. The van der Waals surface area contributed by atoms with Gasteiger partial charge in [0.2, 0.25) is 0 Å². The Morgan fingerprint density at radius 1 is 1.12 bits per heavy atom. The van der Waals surface area contributed by atoms with Crippen molar-refractivity contribution in [2.45, 2.75) is 39.4 Å². The fourth-order valence-electron chi connectivity index (χ4n) is 3.20. The lowest BCUT2D eigenvalue weighted by molar-refractivity contribution is -0.140. The molecule has 0 saturated heterocycles. The number of halogens is 4. The maximum atomic E-state index is 14.4. The van der Waals surface area contributed by atoms with Crippen LogP contribution in [0.25, 0.3) is 11.1 Å². The Kier molecular flexibility index (Phi) is 5.41. The van der Waals surface area contributed by atoms with Gasteiger partial charge in [-0.1, -0.05) is 17.7 Å². The fraction of sp³-hybridized carbons (Fsp3) is 0.316. The highest BCUT2D eigenvalue weighted by molar-refractivity contribution is 5.73. The van der Waals surface area contributed by atoms with Crippen LogP contribution in [0.2, 0.25) is 0 Å². The zero-order valence-electron chi connectivity index (χ0n) is 14.5. The normalized spacial score (nSPS) is 12.9. The summed E-state index contributed by atoms with van der Waals surface area (Å²) < 4.78 is 54.4. The number of carboxylic acids is 1. The first-order chi connectivity index (χ1) is 11.9. The van der Waals surface area contributed by atoms with Gasteiger partial charge in [-0.15, -0.1) is 0 Å². The molecule has 2 aromatic carbocycles. The second-order valence-corrected chi connectivity index (χ2v) is 6.40. The summed E-state index contributed by atoms with van der Waals surface area (Å²) in [5, 5.41) is 8.85. The Morgan fingerprint density at radius 3 is 2.12 bits per heavy atom. The summed E-state index contributed by atoms with van der Waals surface area (Å²) in [5.41, 5.74) is 6.88. The van der Waals surface area contributed by atoms with E-state index in [9.17, 15) is 22.4 Å². The van der Waals surface area contributed by atoms with Gasteiger partial charge in [0.25, 0.3) is 0 Å². The van der Waals surface area contributed by atoms with E-state index in [1.807, 2.05) is 19.1 Å². The minimum Gasteiger partial charge on any atom is -0.481 e. The first-order valence-corrected chi connectivity index (χ1v) is 7.88. The zero-order chi connectivity index (χ0) is 19.8. The second-order valence-electron chi connectivity index (χ2n) is 6.40. The van der Waals surface area contributed by atoms with Crippen molar-refractivity contribution < 1.29 is 27.5 Å². The molecule has 0 radical (unpaired) electrons. The summed E-state index contributed by atoms with van der Waals surface area (Å²) in [6.07, 6.45) is -5.60. The lowest BCUT2D eigenvalue weighted by Gasteiger charge is -2.19. The van der Waals surface area contributed by atoms with Crippen molar-refractivity contribution in [1.82, 2.24) is 0 Å². The van der Waals surface area contributed by atoms with Gasteiger partial charge in [-0.3, -0.25) is 4.79 Å². The molecule has 3 N–H and O–H groups in total. The molecule has 0 bridgehead atoms. The molecule has 0 amide bonds. The Balaban J connectivity index is 2.77. The minimum absolute atomic E-state index is 0.157. The number of benzene rings is 2. The molecule has 0 heterocycles. The molecular formula is C19H19F4NO2. The molecule has 2 rings (SSSR count). The van der Waals surface area contributed by atoms with Crippen LogP contribution >= 0.6 is 0 Å².